The Morgan fingerprint density at radius 1 is 0.652 bits per heavy atom. The molecule has 0 aliphatic rings. The smallest absolute Gasteiger partial charge is 0.268 e. The average molecular weight is 300 g/mol. The van der Waals surface area contributed by atoms with Gasteiger partial charge < -0.3 is 5.11 Å². The molecule has 5 nitrogen and oxygen atoms in total. The van der Waals surface area contributed by atoms with Crippen molar-refractivity contribution in [3.63, 3.8) is 0 Å². The van der Waals surface area contributed by atoms with Crippen LogP contribution in [0.3, 0.4) is 0 Å². The van der Waals surface area contributed by atoms with Crippen molar-refractivity contribution in [2.75, 3.05) is 0 Å². The van der Waals surface area contributed by atoms with Gasteiger partial charge in [-0.25, -0.2) is 9.97 Å². The predicted octanol–water partition coefficient (Wildman–Crippen LogP) is 4.90. The van der Waals surface area contributed by atoms with Crippen molar-refractivity contribution >= 4 is 33.2 Å². The van der Waals surface area contributed by atoms with Crippen LogP contribution in [0.1, 0.15) is 0 Å². The summed E-state index contributed by atoms with van der Waals surface area (Å²) >= 11 is 0. The summed E-state index contributed by atoms with van der Waals surface area (Å²) in [5.41, 5.74) is 0.423. The van der Waals surface area contributed by atoms with Gasteiger partial charge in [0.1, 0.15) is 5.69 Å². The SMILES string of the molecule is Oc1c(N=Nc2ncccn2)c2ccccc2c2ccccc12. The summed E-state index contributed by atoms with van der Waals surface area (Å²) < 4.78 is 0. The number of benzene rings is 3. The largest absolute Gasteiger partial charge is 0.505 e. The minimum atomic E-state index is 0.110. The Morgan fingerprint density at radius 2 is 1.22 bits per heavy atom. The molecule has 0 amide bonds. The molecule has 0 bridgehead atoms. The van der Waals surface area contributed by atoms with Gasteiger partial charge in [0, 0.05) is 23.2 Å². The molecule has 0 unspecified atom stereocenters. The van der Waals surface area contributed by atoms with Crippen molar-refractivity contribution < 1.29 is 5.11 Å². The van der Waals surface area contributed by atoms with E-state index < -0.39 is 0 Å². The zero-order chi connectivity index (χ0) is 15.6. The molecular weight excluding hydrogens is 288 g/mol. The summed E-state index contributed by atoms with van der Waals surface area (Å²) in [6.07, 6.45) is 3.19. The van der Waals surface area contributed by atoms with Crippen LogP contribution in [0, 0.1) is 0 Å². The lowest BCUT2D eigenvalue weighted by atomic mass is 9.99. The molecule has 0 radical (unpaired) electrons. The Bertz CT molecular complexity index is 1030. The molecule has 0 spiro atoms. The number of azo groups is 1. The van der Waals surface area contributed by atoms with Crippen LogP contribution in [0.2, 0.25) is 0 Å². The third-order valence-electron chi connectivity index (χ3n) is 3.67. The fourth-order valence-corrected chi connectivity index (χ4v) is 2.64. The third kappa shape index (κ3) is 2.28. The molecule has 0 atom stereocenters. The monoisotopic (exact) mass is 300 g/mol. The van der Waals surface area contributed by atoms with Gasteiger partial charge in [0.25, 0.3) is 5.95 Å². The maximum absolute atomic E-state index is 10.6. The van der Waals surface area contributed by atoms with E-state index in [1.165, 1.54) is 0 Å². The normalized spacial score (nSPS) is 11.5. The molecule has 0 saturated carbocycles. The molecule has 23 heavy (non-hydrogen) atoms. The second kappa shape index (κ2) is 5.46. The first kappa shape index (κ1) is 13.3. The second-order valence-corrected chi connectivity index (χ2v) is 5.04. The van der Waals surface area contributed by atoms with E-state index in [1.54, 1.807) is 18.5 Å². The first-order valence-corrected chi connectivity index (χ1v) is 7.16. The first-order chi connectivity index (χ1) is 11.3. The van der Waals surface area contributed by atoms with Gasteiger partial charge in [-0.05, 0) is 16.8 Å². The topological polar surface area (TPSA) is 70.7 Å². The Balaban J connectivity index is 2.01. The second-order valence-electron chi connectivity index (χ2n) is 5.04. The maximum atomic E-state index is 10.6. The minimum Gasteiger partial charge on any atom is -0.505 e. The first-order valence-electron chi connectivity index (χ1n) is 7.16. The van der Waals surface area contributed by atoms with Crippen LogP contribution < -0.4 is 0 Å². The van der Waals surface area contributed by atoms with Crippen molar-refractivity contribution in [1.29, 1.82) is 0 Å². The van der Waals surface area contributed by atoms with Crippen LogP contribution in [0.25, 0.3) is 21.5 Å². The van der Waals surface area contributed by atoms with Crippen LogP contribution in [0.15, 0.2) is 77.2 Å². The van der Waals surface area contributed by atoms with E-state index >= 15 is 0 Å². The minimum absolute atomic E-state index is 0.110. The number of hydrogen-bond donors (Lipinski definition) is 1. The number of nitrogens with zero attached hydrogens (tertiary/aromatic N) is 4. The molecule has 1 aromatic heterocycles. The van der Waals surface area contributed by atoms with Crippen LogP contribution in [-0.2, 0) is 0 Å². The van der Waals surface area contributed by atoms with Crippen molar-refractivity contribution in [3.05, 3.63) is 67.0 Å². The maximum Gasteiger partial charge on any atom is 0.268 e. The zero-order valence-corrected chi connectivity index (χ0v) is 12.1. The Labute approximate surface area is 132 Å². The number of hydrogen-bond acceptors (Lipinski definition) is 5. The van der Waals surface area contributed by atoms with Gasteiger partial charge in [0.2, 0.25) is 0 Å². The quantitative estimate of drug-likeness (QED) is 0.422. The van der Waals surface area contributed by atoms with E-state index in [4.69, 9.17) is 0 Å². The Kier molecular flexibility index (Phi) is 3.16. The van der Waals surface area contributed by atoms with Crippen molar-refractivity contribution in [1.82, 2.24) is 9.97 Å². The van der Waals surface area contributed by atoms with E-state index in [1.807, 2.05) is 48.5 Å². The number of aromatic nitrogens is 2. The lowest BCUT2D eigenvalue weighted by molar-refractivity contribution is 0.483. The van der Waals surface area contributed by atoms with Gasteiger partial charge in [-0.2, -0.15) is 0 Å². The van der Waals surface area contributed by atoms with Gasteiger partial charge in [-0.1, -0.05) is 48.5 Å². The van der Waals surface area contributed by atoms with Crippen LogP contribution in [0.4, 0.5) is 11.6 Å². The van der Waals surface area contributed by atoms with Gasteiger partial charge in [-0.3, -0.25) is 0 Å². The third-order valence-corrected chi connectivity index (χ3v) is 3.67. The van der Waals surface area contributed by atoms with Crippen LogP contribution >= 0.6 is 0 Å². The standard InChI is InChI=1S/C18H12N4O/c23-17-15-9-4-2-7-13(15)12-6-1-3-8-14(12)16(17)21-22-18-19-10-5-11-20-18/h1-11,23H. The number of phenols is 1. The van der Waals surface area contributed by atoms with E-state index in [0.29, 0.717) is 5.69 Å². The highest BCUT2D eigenvalue weighted by Gasteiger charge is 2.13. The van der Waals surface area contributed by atoms with Crippen LogP contribution in [0.5, 0.6) is 5.75 Å². The highest BCUT2D eigenvalue weighted by molar-refractivity contribution is 6.15. The van der Waals surface area contributed by atoms with Gasteiger partial charge in [-0.15, -0.1) is 10.2 Å². The van der Waals surface area contributed by atoms with Crippen molar-refractivity contribution in [3.8, 4) is 5.75 Å². The molecule has 110 valence electrons. The van der Waals surface area contributed by atoms with E-state index in [-0.39, 0.29) is 11.7 Å². The van der Waals surface area contributed by atoms with Gasteiger partial charge in [0.15, 0.2) is 5.75 Å². The molecule has 0 aliphatic heterocycles. The predicted molar refractivity (Wildman–Crippen MR) is 89.3 cm³/mol. The Morgan fingerprint density at radius 3 is 1.91 bits per heavy atom. The molecule has 0 aliphatic carbocycles. The Hall–Kier alpha value is -3.34. The molecule has 1 N–H and O–H groups in total. The van der Waals surface area contributed by atoms with E-state index in [0.717, 1.165) is 21.5 Å². The summed E-state index contributed by atoms with van der Waals surface area (Å²) in [5.74, 6) is 0.364. The molecule has 0 fully saturated rings. The van der Waals surface area contributed by atoms with Gasteiger partial charge in [0.05, 0.1) is 0 Å². The zero-order valence-electron chi connectivity index (χ0n) is 12.1. The summed E-state index contributed by atoms with van der Waals surface area (Å²) in [5, 5.41) is 22.5. The number of aromatic hydroxyl groups is 1. The number of fused-ring (bicyclic) bond motifs is 3. The summed E-state index contributed by atoms with van der Waals surface area (Å²) in [6.45, 7) is 0. The molecule has 1 heterocycles. The fourth-order valence-electron chi connectivity index (χ4n) is 2.64. The van der Waals surface area contributed by atoms with Crippen LogP contribution in [-0.4, -0.2) is 15.1 Å². The van der Waals surface area contributed by atoms with Crippen molar-refractivity contribution in [2.24, 2.45) is 10.2 Å². The fraction of sp³-hybridized carbons (Fsp3) is 0. The average Bonchev–Trinajstić information content (AvgIpc) is 2.63. The van der Waals surface area contributed by atoms with E-state index in [9.17, 15) is 5.11 Å². The molecular formula is C18H12N4O. The molecule has 4 aromatic rings. The lowest BCUT2D eigenvalue weighted by Crippen LogP contribution is -1.81. The molecule has 3 aromatic carbocycles. The van der Waals surface area contributed by atoms with Gasteiger partial charge >= 0.3 is 0 Å². The molecule has 4 rings (SSSR count). The molecule has 0 saturated heterocycles. The van der Waals surface area contributed by atoms with Crippen molar-refractivity contribution in [2.45, 2.75) is 0 Å². The summed E-state index contributed by atoms with van der Waals surface area (Å²) in [7, 11) is 0. The highest BCUT2D eigenvalue weighted by Crippen LogP contribution is 2.43. The lowest BCUT2D eigenvalue weighted by Gasteiger charge is -2.09. The number of rotatable bonds is 2. The molecule has 5 heteroatoms. The summed E-state index contributed by atoms with van der Waals surface area (Å²) in [4.78, 5) is 8.03. The summed E-state index contributed by atoms with van der Waals surface area (Å²) in [6, 6.07) is 17.2. The highest BCUT2D eigenvalue weighted by atomic mass is 16.3. The van der Waals surface area contributed by atoms with E-state index in [2.05, 4.69) is 20.2 Å². The number of phenolic OH excluding ortho intramolecular Hbond substituents is 1.